The molecule has 6 aromatic rings. The first-order chi connectivity index (χ1) is 24.8. The van der Waals surface area contributed by atoms with E-state index in [0.29, 0.717) is 24.3 Å². The smallest absolute Gasteiger partial charge is 0.280 e. The number of aliphatic hydroxyl groups excluding tert-OH is 7. The topological polar surface area (TPSA) is 410 Å². The van der Waals surface area contributed by atoms with Crippen LogP contribution < -0.4 is 33.9 Å². The van der Waals surface area contributed by atoms with Crippen molar-refractivity contribution < 1.29 is 35.7 Å². The summed E-state index contributed by atoms with van der Waals surface area (Å²) in [5.74, 6) is -0.0423. The van der Waals surface area contributed by atoms with Gasteiger partial charge in [0, 0.05) is 13.2 Å². The third-order valence-electron chi connectivity index (χ3n) is 7.28. The van der Waals surface area contributed by atoms with Gasteiger partial charge in [-0.2, -0.15) is 15.0 Å². The molecule has 0 spiro atoms. The second-order valence-electron chi connectivity index (χ2n) is 11.2. The molecule has 52 heavy (non-hydrogen) atoms. The highest BCUT2D eigenvalue weighted by molar-refractivity contribution is 5.71. The molecule has 16 N–H and O–H groups in total. The first-order valence-corrected chi connectivity index (χ1v) is 15.4. The molecular formula is C27H39N15O10. The number of hydrogen-bond donors (Lipinski definition) is 13. The maximum absolute atomic E-state index is 11.5. The number of imidazole rings is 3. The molecule has 4 atom stereocenters. The number of nitrogens with zero attached hydrogens (tertiary/aromatic N) is 9. The number of aromatic nitrogens is 12. The lowest BCUT2D eigenvalue weighted by Gasteiger charge is -2.15. The van der Waals surface area contributed by atoms with Crippen LogP contribution in [0.5, 0.6) is 0 Å². The number of nitrogen functional groups attached to an aromatic ring is 3. The van der Waals surface area contributed by atoms with Gasteiger partial charge in [-0.3, -0.25) is 29.3 Å². The summed E-state index contributed by atoms with van der Waals surface area (Å²) >= 11 is 0. The van der Waals surface area contributed by atoms with E-state index < -0.39 is 47.7 Å². The molecule has 282 valence electrons. The number of rotatable bonds is 12. The van der Waals surface area contributed by atoms with Crippen molar-refractivity contribution in [2.24, 2.45) is 0 Å². The molecule has 6 rings (SSSR count). The normalized spacial score (nSPS) is 13.7. The van der Waals surface area contributed by atoms with Crippen molar-refractivity contribution in [3.05, 3.63) is 50.0 Å². The van der Waals surface area contributed by atoms with E-state index in [-0.39, 0.29) is 72.8 Å². The SMILES string of the molecule is Nc1nc2c(ncn2CC(O)C(O)CO)c(=O)[nH]1.Nc1nc2c(ncn2CC(O)CCO)c(=O)[nH]1.Nc1nc2c(ncn2CCC(O)CO)c(=O)[nH]1. The van der Waals surface area contributed by atoms with Gasteiger partial charge in [0.1, 0.15) is 12.2 Å². The molecule has 0 bridgehead atoms. The van der Waals surface area contributed by atoms with Gasteiger partial charge in [0.15, 0.2) is 33.5 Å². The van der Waals surface area contributed by atoms with Crippen molar-refractivity contribution in [1.82, 2.24) is 58.6 Å². The Morgan fingerprint density at radius 2 is 1.00 bits per heavy atom. The van der Waals surface area contributed by atoms with Crippen molar-refractivity contribution in [2.75, 3.05) is 37.0 Å². The number of nitrogens with two attached hydrogens (primary N) is 3. The maximum Gasteiger partial charge on any atom is 0.280 e. The van der Waals surface area contributed by atoms with Gasteiger partial charge in [-0.05, 0) is 12.8 Å². The van der Waals surface area contributed by atoms with E-state index in [1.54, 1.807) is 4.57 Å². The fraction of sp³-hybridized carbons (Fsp3) is 0.444. The Hall–Kier alpha value is -5.83. The van der Waals surface area contributed by atoms with Crippen LogP contribution >= 0.6 is 0 Å². The van der Waals surface area contributed by atoms with E-state index in [1.165, 1.54) is 28.1 Å². The van der Waals surface area contributed by atoms with Crippen LogP contribution in [0.4, 0.5) is 17.8 Å². The van der Waals surface area contributed by atoms with E-state index in [4.69, 9.17) is 32.5 Å². The Morgan fingerprint density at radius 3 is 1.42 bits per heavy atom. The summed E-state index contributed by atoms with van der Waals surface area (Å²) in [5, 5.41) is 63.8. The minimum absolute atomic E-state index is 0.000831. The number of aryl methyl sites for hydroxylation is 1. The zero-order chi connectivity index (χ0) is 38.1. The third-order valence-corrected chi connectivity index (χ3v) is 7.28. The number of aromatic amines is 3. The van der Waals surface area contributed by atoms with Crippen LogP contribution in [-0.4, -0.2) is 139 Å². The van der Waals surface area contributed by atoms with Crippen molar-refractivity contribution in [3.8, 4) is 0 Å². The fourth-order valence-corrected chi connectivity index (χ4v) is 4.63. The van der Waals surface area contributed by atoms with Crippen LogP contribution in [-0.2, 0) is 19.6 Å². The average Bonchev–Trinajstić information content (AvgIpc) is 3.81. The van der Waals surface area contributed by atoms with Gasteiger partial charge >= 0.3 is 0 Å². The van der Waals surface area contributed by atoms with Gasteiger partial charge in [-0.25, -0.2) is 15.0 Å². The molecule has 6 heterocycles. The molecule has 25 nitrogen and oxygen atoms in total. The maximum atomic E-state index is 11.5. The Bertz CT molecular complexity index is 2260. The highest BCUT2D eigenvalue weighted by atomic mass is 16.4. The predicted molar refractivity (Wildman–Crippen MR) is 182 cm³/mol. The zero-order valence-electron chi connectivity index (χ0n) is 27.3. The molecule has 0 amide bonds. The summed E-state index contributed by atoms with van der Waals surface area (Å²) < 4.78 is 4.52. The summed E-state index contributed by atoms with van der Waals surface area (Å²) in [5.41, 5.74) is 16.4. The highest BCUT2D eigenvalue weighted by Crippen LogP contribution is 2.10. The van der Waals surface area contributed by atoms with E-state index >= 15 is 0 Å². The number of nitrogens with one attached hydrogen (secondary N) is 3. The lowest BCUT2D eigenvalue weighted by molar-refractivity contribution is -0.0211. The Kier molecular flexibility index (Phi) is 13.0. The van der Waals surface area contributed by atoms with Crippen molar-refractivity contribution >= 4 is 51.3 Å². The van der Waals surface area contributed by atoms with Crippen LogP contribution in [0.15, 0.2) is 33.4 Å². The second-order valence-corrected chi connectivity index (χ2v) is 11.2. The van der Waals surface area contributed by atoms with Gasteiger partial charge in [-0.15, -0.1) is 0 Å². The molecule has 0 saturated carbocycles. The Balaban J connectivity index is 0.000000175. The average molecular weight is 734 g/mol. The minimum atomic E-state index is -1.28. The molecule has 6 aromatic heterocycles. The summed E-state index contributed by atoms with van der Waals surface area (Å²) in [7, 11) is 0. The quantitative estimate of drug-likeness (QED) is 0.0557. The number of aliphatic hydroxyl groups is 7. The highest BCUT2D eigenvalue weighted by Gasteiger charge is 2.18. The molecule has 0 saturated heterocycles. The van der Waals surface area contributed by atoms with Gasteiger partial charge < -0.3 is 66.6 Å². The summed E-state index contributed by atoms with van der Waals surface area (Å²) in [4.78, 5) is 64.9. The van der Waals surface area contributed by atoms with Gasteiger partial charge in [0.05, 0.1) is 57.5 Å². The zero-order valence-corrected chi connectivity index (χ0v) is 27.3. The van der Waals surface area contributed by atoms with E-state index in [2.05, 4.69) is 44.9 Å². The molecule has 0 aliphatic rings. The molecule has 0 aliphatic carbocycles. The standard InChI is InChI=1S/C9H13N5O4.2C9H13N5O3/c10-9-12-7-6(8(18)13-9)11-3-14(7)1-4(16)5(17)2-15;10-9-12-7-6(8(17)13-9)11-4-14(7)3-5(16)1-2-15;10-9-12-7-6(8(17)13-9)11-4-14(7)2-1-5(16)3-15/h3-5,15-17H,1-2H2,(H3,10,12,13,18);2*4-5,15-16H,1-3H2,(H3,10,12,13,17). The molecule has 25 heteroatoms. The molecular weight excluding hydrogens is 694 g/mol. The molecule has 4 unspecified atom stereocenters. The minimum Gasteiger partial charge on any atom is -0.396 e. The lowest BCUT2D eigenvalue weighted by atomic mass is 10.2. The molecule has 0 aromatic carbocycles. The fourth-order valence-electron chi connectivity index (χ4n) is 4.63. The van der Waals surface area contributed by atoms with Crippen LogP contribution in [0.3, 0.4) is 0 Å². The number of H-pyrrole nitrogens is 3. The lowest BCUT2D eigenvalue weighted by Crippen LogP contribution is -2.33. The van der Waals surface area contributed by atoms with Crippen LogP contribution in [0.1, 0.15) is 12.8 Å². The van der Waals surface area contributed by atoms with Gasteiger partial charge in [-0.1, -0.05) is 0 Å². The molecule has 0 fully saturated rings. The first kappa shape index (κ1) is 39.0. The molecule has 0 aliphatic heterocycles. The Morgan fingerprint density at radius 1 is 0.577 bits per heavy atom. The Labute approximate surface area is 289 Å². The summed E-state index contributed by atoms with van der Waals surface area (Å²) in [6.07, 6.45) is 0.764. The number of hydrogen-bond acceptors (Lipinski definition) is 19. The van der Waals surface area contributed by atoms with E-state index in [0.717, 1.165) is 0 Å². The third kappa shape index (κ3) is 9.48. The summed E-state index contributed by atoms with van der Waals surface area (Å²) in [6, 6.07) is 0. The van der Waals surface area contributed by atoms with Gasteiger partial charge in [0.2, 0.25) is 17.8 Å². The van der Waals surface area contributed by atoms with Crippen LogP contribution in [0, 0.1) is 0 Å². The van der Waals surface area contributed by atoms with E-state index in [1.807, 2.05) is 0 Å². The predicted octanol–water partition coefficient (Wildman–Crippen LogP) is -5.69. The van der Waals surface area contributed by atoms with Crippen molar-refractivity contribution in [3.63, 3.8) is 0 Å². The monoisotopic (exact) mass is 733 g/mol. The molecule has 0 radical (unpaired) electrons. The van der Waals surface area contributed by atoms with E-state index in [9.17, 15) is 34.8 Å². The largest absolute Gasteiger partial charge is 0.396 e. The van der Waals surface area contributed by atoms with Crippen LogP contribution in [0.2, 0.25) is 0 Å². The number of anilines is 3. The number of fused-ring (bicyclic) bond motifs is 3. The van der Waals surface area contributed by atoms with Crippen molar-refractivity contribution in [2.45, 2.75) is 56.9 Å². The van der Waals surface area contributed by atoms with Crippen molar-refractivity contribution in [1.29, 1.82) is 0 Å². The summed E-state index contributed by atoms with van der Waals surface area (Å²) in [6.45, 7) is -0.439. The first-order valence-electron chi connectivity index (χ1n) is 15.4. The van der Waals surface area contributed by atoms with Gasteiger partial charge in [0.25, 0.3) is 16.7 Å². The second kappa shape index (κ2) is 17.4. The van der Waals surface area contributed by atoms with Crippen LogP contribution in [0.25, 0.3) is 33.5 Å².